The number of methoxy groups -OCH3 is 1. The van der Waals surface area contributed by atoms with Crippen LogP contribution in [0.25, 0.3) is 0 Å². The lowest BCUT2D eigenvalue weighted by Gasteiger charge is -2.18. The van der Waals surface area contributed by atoms with Gasteiger partial charge in [0.25, 0.3) is 0 Å². The zero-order chi connectivity index (χ0) is 12.0. The number of hydrogen-bond acceptors (Lipinski definition) is 2. The van der Waals surface area contributed by atoms with Gasteiger partial charge in [-0.1, -0.05) is 37.8 Å². The summed E-state index contributed by atoms with van der Waals surface area (Å²) in [4.78, 5) is 0. The summed E-state index contributed by atoms with van der Waals surface area (Å²) >= 11 is 0. The molecule has 0 saturated carbocycles. The molecule has 1 aromatic rings. The molecule has 0 bridgehead atoms. The Morgan fingerprint density at radius 1 is 1.06 bits per heavy atom. The molecular formula is C13H22O2Si. The molecule has 90 valence electrons. The van der Waals surface area contributed by atoms with E-state index < -0.39 is 8.07 Å². The Morgan fingerprint density at radius 2 is 1.75 bits per heavy atom. The van der Waals surface area contributed by atoms with Gasteiger partial charge in [-0.05, 0) is 17.7 Å². The predicted octanol–water partition coefficient (Wildman–Crippen LogP) is 3.13. The van der Waals surface area contributed by atoms with Gasteiger partial charge in [0.05, 0.1) is 6.61 Å². The Hall–Kier alpha value is -0.803. The number of para-hydroxylation sites is 1. The highest BCUT2D eigenvalue weighted by Crippen LogP contribution is 2.22. The van der Waals surface area contributed by atoms with Crippen LogP contribution in [-0.4, -0.2) is 28.4 Å². The second kappa shape index (κ2) is 6.06. The highest BCUT2D eigenvalue weighted by Gasteiger charge is 2.16. The quantitative estimate of drug-likeness (QED) is 0.560. The van der Waals surface area contributed by atoms with Crippen molar-refractivity contribution in [3.63, 3.8) is 0 Å². The Morgan fingerprint density at radius 3 is 2.38 bits per heavy atom. The van der Waals surface area contributed by atoms with Gasteiger partial charge in [-0.15, -0.1) is 0 Å². The number of benzene rings is 1. The minimum atomic E-state index is -1.09. The molecule has 0 N–H and O–H groups in total. The van der Waals surface area contributed by atoms with E-state index in [9.17, 15) is 0 Å². The van der Waals surface area contributed by atoms with Crippen LogP contribution in [-0.2, 0) is 10.8 Å². The van der Waals surface area contributed by atoms with E-state index in [4.69, 9.17) is 9.47 Å². The first-order valence-electron chi connectivity index (χ1n) is 5.72. The van der Waals surface area contributed by atoms with E-state index in [2.05, 4.69) is 31.8 Å². The van der Waals surface area contributed by atoms with Crippen molar-refractivity contribution >= 4 is 8.07 Å². The monoisotopic (exact) mass is 238 g/mol. The van der Waals surface area contributed by atoms with Crippen molar-refractivity contribution in [2.75, 3.05) is 20.3 Å². The number of rotatable bonds is 6. The lowest BCUT2D eigenvalue weighted by Crippen LogP contribution is -2.24. The fraction of sp³-hybridized carbons (Fsp3) is 0.538. The third-order valence-electron chi connectivity index (χ3n) is 2.24. The van der Waals surface area contributed by atoms with Crippen molar-refractivity contribution < 1.29 is 9.47 Å². The van der Waals surface area contributed by atoms with E-state index in [1.165, 1.54) is 5.56 Å². The Bertz CT molecular complexity index is 318. The summed E-state index contributed by atoms with van der Waals surface area (Å²) in [6, 6.07) is 9.48. The van der Waals surface area contributed by atoms with Crippen LogP contribution in [0.4, 0.5) is 0 Å². The summed E-state index contributed by atoms with van der Waals surface area (Å²) in [6.45, 7) is 8.39. The van der Waals surface area contributed by atoms with Crippen LogP contribution < -0.4 is 4.74 Å². The molecule has 0 radical (unpaired) electrons. The molecule has 0 saturated heterocycles. The van der Waals surface area contributed by atoms with Crippen LogP contribution >= 0.6 is 0 Å². The van der Waals surface area contributed by atoms with Gasteiger partial charge in [-0.2, -0.15) is 0 Å². The molecule has 0 aliphatic heterocycles. The summed E-state index contributed by atoms with van der Waals surface area (Å²) in [5.41, 5.74) is 1.33. The molecule has 0 spiro atoms. The number of ether oxygens (including phenoxy) is 2. The topological polar surface area (TPSA) is 18.5 Å². The standard InChI is InChI=1S/C13H22O2Si/c1-14-9-10-15-13-8-6-5-7-12(13)11-16(2,3)4/h5-8H,9-11H2,1-4H3. The average Bonchev–Trinajstić information content (AvgIpc) is 2.19. The van der Waals surface area contributed by atoms with Crippen LogP contribution in [0, 0.1) is 0 Å². The van der Waals surface area contributed by atoms with Crippen molar-refractivity contribution in [1.82, 2.24) is 0 Å². The van der Waals surface area contributed by atoms with E-state index in [0.29, 0.717) is 13.2 Å². The van der Waals surface area contributed by atoms with E-state index in [0.717, 1.165) is 11.8 Å². The van der Waals surface area contributed by atoms with Gasteiger partial charge >= 0.3 is 0 Å². The molecule has 1 rings (SSSR count). The molecular weight excluding hydrogens is 216 g/mol. The summed E-state index contributed by atoms with van der Waals surface area (Å²) in [5, 5.41) is 0. The van der Waals surface area contributed by atoms with Gasteiger partial charge in [0.2, 0.25) is 0 Å². The van der Waals surface area contributed by atoms with Crippen LogP contribution in [0.1, 0.15) is 5.56 Å². The molecule has 16 heavy (non-hydrogen) atoms. The minimum absolute atomic E-state index is 0.624. The average molecular weight is 238 g/mol. The summed E-state index contributed by atoms with van der Waals surface area (Å²) < 4.78 is 10.7. The lowest BCUT2D eigenvalue weighted by atomic mass is 10.2. The Balaban J connectivity index is 2.68. The first kappa shape index (κ1) is 13.3. The maximum absolute atomic E-state index is 5.72. The molecule has 0 unspecified atom stereocenters. The van der Waals surface area contributed by atoms with Gasteiger partial charge in [-0.25, -0.2) is 0 Å². The van der Waals surface area contributed by atoms with Crippen LogP contribution in [0.2, 0.25) is 19.6 Å². The zero-order valence-corrected chi connectivity index (χ0v) is 11.7. The van der Waals surface area contributed by atoms with E-state index in [1.807, 2.05) is 12.1 Å². The summed E-state index contributed by atoms with van der Waals surface area (Å²) in [5.74, 6) is 1.02. The van der Waals surface area contributed by atoms with Gasteiger partial charge in [-0.3, -0.25) is 0 Å². The normalized spacial score (nSPS) is 11.5. The van der Waals surface area contributed by atoms with Crippen LogP contribution in [0.15, 0.2) is 24.3 Å². The number of hydrogen-bond donors (Lipinski definition) is 0. The van der Waals surface area contributed by atoms with Gasteiger partial charge in [0, 0.05) is 15.2 Å². The van der Waals surface area contributed by atoms with E-state index in [-0.39, 0.29) is 0 Å². The zero-order valence-electron chi connectivity index (χ0n) is 10.7. The van der Waals surface area contributed by atoms with Crippen LogP contribution in [0.5, 0.6) is 5.75 Å². The Labute approximate surface area is 99.6 Å². The van der Waals surface area contributed by atoms with Crippen molar-refractivity contribution in [2.45, 2.75) is 25.7 Å². The largest absolute Gasteiger partial charge is 0.491 e. The van der Waals surface area contributed by atoms with Crippen molar-refractivity contribution in [2.24, 2.45) is 0 Å². The van der Waals surface area contributed by atoms with Crippen molar-refractivity contribution in [3.8, 4) is 5.75 Å². The molecule has 1 aromatic carbocycles. The molecule has 0 aliphatic carbocycles. The highest BCUT2D eigenvalue weighted by atomic mass is 28.3. The summed E-state index contributed by atoms with van der Waals surface area (Å²) in [6.07, 6.45) is 0. The Kier molecular flexibility index (Phi) is 5.02. The maximum Gasteiger partial charge on any atom is 0.122 e. The maximum atomic E-state index is 5.72. The van der Waals surface area contributed by atoms with Gasteiger partial charge < -0.3 is 9.47 Å². The van der Waals surface area contributed by atoms with E-state index in [1.54, 1.807) is 7.11 Å². The molecule has 0 heterocycles. The lowest BCUT2D eigenvalue weighted by molar-refractivity contribution is 0.146. The molecule has 2 nitrogen and oxygen atoms in total. The predicted molar refractivity (Wildman–Crippen MR) is 70.9 cm³/mol. The first-order valence-corrected chi connectivity index (χ1v) is 9.43. The van der Waals surface area contributed by atoms with Crippen molar-refractivity contribution in [3.05, 3.63) is 29.8 Å². The van der Waals surface area contributed by atoms with Crippen LogP contribution in [0.3, 0.4) is 0 Å². The van der Waals surface area contributed by atoms with Gasteiger partial charge in [0.15, 0.2) is 0 Å². The molecule has 0 amide bonds. The molecule has 0 aliphatic rings. The molecule has 0 aromatic heterocycles. The fourth-order valence-electron chi connectivity index (χ4n) is 1.60. The SMILES string of the molecule is COCCOc1ccccc1C[Si](C)(C)C. The fourth-order valence-corrected chi connectivity index (χ4v) is 3.03. The van der Waals surface area contributed by atoms with E-state index >= 15 is 0 Å². The van der Waals surface area contributed by atoms with Crippen molar-refractivity contribution in [1.29, 1.82) is 0 Å². The highest BCUT2D eigenvalue weighted by molar-refractivity contribution is 6.75. The second-order valence-electron chi connectivity index (χ2n) is 5.19. The summed E-state index contributed by atoms with van der Waals surface area (Å²) in [7, 11) is 0.604. The molecule has 3 heteroatoms. The second-order valence-corrected chi connectivity index (χ2v) is 10.7. The molecule has 0 fully saturated rings. The smallest absolute Gasteiger partial charge is 0.122 e. The minimum Gasteiger partial charge on any atom is -0.491 e. The van der Waals surface area contributed by atoms with Gasteiger partial charge in [0.1, 0.15) is 12.4 Å². The molecule has 0 atom stereocenters. The third-order valence-corrected chi connectivity index (χ3v) is 3.68. The third kappa shape index (κ3) is 4.81. The first-order chi connectivity index (χ1) is 7.53.